The van der Waals surface area contributed by atoms with Crippen molar-refractivity contribution >= 4 is 23.5 Å². The highest BCUT2D eigenvalue weighted by molar-refractivity contribution is 6.31. The number of ether oxygens (including phenoxy) is 2. The van der Waals surface area contributed by atoms with Crippen molar-refractivity contribution in [3.63, 3.8) is 0 Å². The zero-order valence-corrected chi connectivity index (χ0v) is 16.5. The molecule has 0 saturated carbocycles. The zero-order chi connectivity index (χ0) is 20.7. The molecule has 1 aromatic rings. The van der Waals surface area contributed by atoms with Gasteiger partial charge in [0.25, 0.3) is 0 Å². The summed E-state index contributed by atoms with van der Waals surface area (Å²) >= 11 is 6.31. The summed E-state index contributed by atoms with van der Waals surface area (Å²) in [5.74, 6) is -2.08. The van der Waals surface area contributed by atoms with E-state index in [-0.39, 0.29) is 31.6 Å². The van der Waals surface area contributed by atoms with Crippen molar-refractivity contribution in [2.45, 2.75) is 38.1 Å². The predicted molar refractivity (Wildman–Crippen MR) is 104 cm³/mol. The van der Waals surface area contributed by atoms with Crippen LogP contribution in [0.15, 0.2) is 48.1 Å². The molecular weight excluding hydrogens is 386 g/mol. The molecule has 0 amide bonds. The topological polar surface area (TPSA) is 95.7 Å². The monoisotopic (exact) mass is 407 g/mol. The lowest BCUT2D eigenvalue weighted by molar-refractivity contribution is -0.570. The normalized spacial score (nSPS) is 21.4. The molecule has 0 aliphatic heterocycles. The quantitative estimate of drug-likeness (QED) is 0.281. The van der Waals surface area contributed by atoms with Crippen LogP contribution in [0.25, 0.3) is 0 Å². The van der Waals surface area contributed by atoms with E-state index in [0.717, 1.165) is 0 Å². The second-order valence-corrected chi connectivity index (χ2v) is 6.67. The van der Waals surface area contributed by atoms with E-state index in [4.69, 9.17) is 21.1 Å². The maximum atomic E-state index is 12.5. The highest BCUT2D eigenvalue weighted by atomic mass is 35.5. The Kier molecular flexibility index (Phi) is 7.34. The highest BCUT2D eigenvalue weighted by Crippen LogP contribution is 2.49. The van der Waals surface area contributed by atoms with Crippen molar-refractivity contribution in [2.75, 3.05) is 13.2 Å². The van der Waals surface area contributed by atoms with Gasteiger partial charge in [-0.05, 0) is 25.5 Å². The van der Waals surface area contributed by atoms with E-state index in [9.17, 15) is 19.7 Å². The van der Waals surface area contributed by atoms with Crippen LogP contribution in [0.5, 0.6) is 0 Å². The van der Waals surface area contributed by atoms with Crippen LogP contribution in [0.4, 0.5) is 0 Å². The summed E-state index contributed by atoms with van der Waals surface area (Å²) in [7, 11) is 0. The van der Waals surface area contributed by atoms with Gasteiger partial charge < -0.3 is 9.47 Å². The fraction of sp³-hybridized carbons (Fsp3) is 0.400. The van der Waals surface area contributed by atoms with Crippen molar-refractivity contribution in [3.05, 3.63) is 68.8 Å². The molecule has 0 bridgehead atoms. The lowest BCUT2D eigenvalue weighted by Crippen LogP contribution is -2.42. The van der Waals surface area contributed by atoms with Crippen molar-refractivity contribution in [1.29, 1.82) is 0 Å². The van der Waals surface area contributed by atoms with Gasteiger partial charge in [-0.25, -0.2) is 9.59 Å². The fourth-order valence-electron chi connectivity index (χ4n) is 3.40. The third kappa shape index (κ3) is 4.42. The van der Waals surface area contributed by atoms with Gasteiger partial charge in [-0.1, -0.05) is 42.0 Å². The minimum atomic E-state index is -1.56. The smallest absolute Gasteiger partial charge is 0.334 e. The van der Waals surface area contributed by atoms with Gasteiger partial charge in [0.1, 0.15) is 0 Å². The Morgan fingerprint density at radius 2 is 1.96 bits per heavy atom. The van der Waals surface area contributed by atoms with Crippen LogP contribution < -0.4 is 0 Å². The van der Waals surface area contributed by atoms with E-state index < -0.39 is 28.3 Å². The van der Waals surface area contributed by atoms with E-state index in [2.05, 4.69) is 0 Å². The van der Waals surface area contributed by atoms with Crippen LogP contribution in [0.1, 0.15) is 38.2 Å². The number of carbonyl (C=O) groups is 2. The first-order chi connectivity index (χ1) is 13.4. The number of hydrogen-bond acceptors (Lipinski definition) is 6. The minimum Gasteiger partial charge on any atom is -0.463 e. The molecule has 2 atom stereocenters. The number of halogens is 1. The van der Waals surface area contributed by atoms with Crippen LogP contribution in [0, 0.1) is 10.1 Å². The Hall–Kier alpha value is -2.67. The molecule has 2 rings (SSSR count). The first kappa shape index (κ1) is 21.6. The Balaban J connectivity index is 2.48. The molecule has 0 heterocycles. The summed E-state index contributed by atoms with van der Waals surface area (Å²) in [5.41, 5.74) is -0.880. The Morgan fingerprint density at radius 1 is 1.29 bits per heavy atom. The molecule has 1 aliphatic carbocycles. The van der Waals surface area contributed by atoms with Gasteiger partial charge in [-0.3, -0.25) is 10.1 Å². The summed E-state index contributed by atoms with van der Waals surface area (Å²) in [6.45, 7) is 3.70. The summed E-state index contributed by atoms with van der Waals surface area (Å²) in [5, 5.41) is 12.5. The third-order valence-corrected chi connectivity index (χ3v) is 4.97. The van der Waals surface area contributed by atoms with Crippen molar-refractivity contribution in [2.24, 2.45) is 0 Å². The molecule has 0 saturated heterocycles. The number of hydrogen-bond donors (Lipinski definition) is 0. The molecular formula is C20H22ClNO6. The zero-order valence-electron chi connectivity index (χ0n) is 15.7. The lowest BCUT2D eigenvalue weighted by atomic mass is 9.76. The van der Waals surface area contributed by atoms with Crippen LogP contribution in [-0.4, -0.2) is 35.6 Å². The van der Waals surface area contributed by atoms with Crippen molar-refractivity contribution in [1.82, 2.24) is 0 Å². The predicted octanol–water partition coefficient (Wildman–Crippen LogP) is 3.84. The number of nitro groups is 1. The highest BCUT2D eigenvalue weighted by Gasteiger charge is 2.56. The number of benzene rings is 1. The van der Waals surface area contributed by atoms with E-state index >= 15 is 0 Å². The Bertz CT molecular complexity index is 819. The minimum absolute atomic E-state index is 0.0111. The Labute approximate surface area is 168 Å². The number of rotatable bonds is 8. The van der Waals surface area contributed by atoms with Gasteiger partial charge >= 0.3 is 11.9 Å². The standard InChI is InChI=1S/C20H22ClNO6/c1-3-27-17(23)10-7-12-20(22(25)26)13-11-15(19(24)28-4-2)18(20)14-8-5-6-9-16(14)21/h5-11,18H,3-4,12-13H2,1-2H3/b10-7+/t18-,20+/m1/s1. The first-order valence-electron chi connectivity index (χ1n) is 8.96. The van der Waals surface area contributed by atoms with E-state index in [1.54, 1.807) is 38.1 Å². The van der Waals surface area contributed by atoms with E-state index in [1.807, 2.05) is 0 Å². The van der Waals surface area contributed by atoms with Crippen LogP contribution in [0.2, 0.25) is 5.02 Å². The van der Waals surface area contributed by atoms with Crippen molar-refractivity contribution in [3.8, 4) is 0 Å². The number of esters is 2. The second-order valence-electron chi connectivity index (χ2n) is 6.26. The molecule has 150 valence electrons. The molecule has 0 spiro atoms. The summed E-state index contributed by atoms with van der Waals surface area (Å²) in [4.78, 5) is 35.8. The summed E-state index contributed by atoms with van der Waals surface area (Å²) < 4.78 is 9.92. The largest absolute Gasteiger partial charge is 0.463 e. The lowest BCUT2D eigenvalue weighted by Gasteiger charge is -2.29. The maximum Gasteiger partial charge on any atom is 0.334 e. The number of carbonyl (C=O) groups excluding carboxylic acids is 2. The van der Waals surface area contributed by atoms with Crippen LogP contribution >= 0.6 is 11.6 Å². The third-order valence-electron chi connectivity index (χ3n) is 4.63. The molecule has 28 heavy (non-hydrogen) atoms. The van der Waals surface area contributed by atoms with Crippen molar-refractivity contribution < 1.29 is 24.0 Å². The van der Waals surface area contributed by atoms with E-state index in [0.29, 0.717) is 10.6 Å². The van der Waals surface area contributed by atoms with Crippen LogP contribution in [-0.2, 0) is 19.1 Å². The fourth-order valence-corrected chi connectivity index (χ4v) is 3.64. The molecule has 1 aliphatic rings. The molecule has 0 radical (unpaired) electrons. The average molecular weight is 408 g/mol. The molecule has 1 aromatic carbocycles. The molecule has 0 N–H and O–H groups in total. The Morgan fingerprint density at radius 3 is 2.57 bits per heavy atom. The molecule has 0 fully saturated rings. The van der Waals surface area contributed by atoms with Gasteiger partial charge in [0.05, 0.1) is 19.1 Å². The second kappa shape index (κ2) is 9.50. The van der Waals surface area contributed by atoms with Gasteiger partial charge in [0, 0.05) is 34.4 Å². The van der Waals surface area contributed by atoms with Gasteiger partial charge in [-0.15, -0.1) is 0 Å². The van der Waals surface area contributed by atoms with Gasteiger partial charge in [-0.2, -0.15) is 0 Å². The summed E-state index contributed by atoms with van der Waals surface area (Å²) in [6.07, 6.45) is 4.05. The molecule has 0 aromatic heterocycles. The maximum absolute atomic E-state index is 12.5. The molecule has 0 unspecified atom stereocenters. The first-order valence-corrected chi connectivity index (χ1v) is 9.34. The van der Waals surface area contributed by atoms with Gasteiger partial charge in [0.15, 0.2) is 0 Å². The van der Waals surface area contributed by atoms with E-state index in [1.165, 1.54) is 18.2 Å². The average Bonchev–Trinajstić information content (AvgIpc) is 3.03. The molecule has 7 nitrogen and oxygen atoms in total. The van der Waals surface area contributed by atoms with Crippen LogP contribution in [0.3, 0.4) is 0 Å². The SMILES string of the molecule is CCOC(=O)/C=C/C[C@]1([N+](=O)[O-])CC=C(C(=O)OCC)[C@H]1c1ccccc1Cl. The summed E-state index contributed by atoms with van der Waals surface area (Å²) in [6, 6.07) is 6.71. The molecule has 8 heteroatoms. The van der Waals surface area contributed by atoms with Gasteiger partial charge in [0.2, 0.25) is 5.54 Å². The number of nitrogens with zero attached hydrogens (tertiary/aromatic N) is 1.